The standard InChI is InChI=1S/C36H72ClN12O9P4.ClH/c37-59(38-60(41-1-19-50-20-2-41,42-3-21-51-22-4-42)43-5-23-52-24-6-43,39-61(44-7-25-53-26-8-44,45-9-27-54-28-10-45)46-11-29-55-30-12-46)40-62(47-13-31-56-32-14-47,48-15-33-57-34-16-48)49-17-35-58-36-18-49;/h1-36H2;1H/q+1;/p-1. The fraction of sp³-hybridized carbons (Fsp3) is 1.00. The van der Waals surface area contributed by atoms with Gasteiger partial charge in [-0.3, -0.25) is 0 Å². The second kappa shape index (κ2) is 24.2. The van der Waals surface area contributed by atoms with Gasteiger partial charge in [0.15, 0.2) is 11.2 Å². The molecule has 0 amide bonds. The zero-order valence-corrected chi connectivity index (χ0v) is 42.1. The summed E-state index contributed by atoms with van der Waals surface area (Å²) in [5.74, 6) is 0. The fourth-order valence-electron chi connectivity index (χ4n) is 10.0. The molecule has 0 unspecified atom stereocenters. The lowest BCUT2D eigenvalue weighted by atomic mass is 10.5. The summed E-state index contributed by atoms with van der Waals surface area (Å²) in [4.78, 5) is 0. The molecule has 0 radical (unpaired) electrons. The third-order valence-electron chi connectivity index (χ3n) is 13.0. The summed E-state index contributed by atoms with van der Waals surface area (Å²) in [6.07, 6.45) is 0. The fourth-order valence-corrected chi connectivity index (χ4v) is 31.1. The van der Waals surface area contributed by atoms with E-state index < -0.39 is 29.6 Å². The molecule has 63 heavy (non-hydrogen) atoms. The molecule has 0 aromatic heterocycles. The maximum absolute atomic E-state index is 9.04. The number of rotatable bonds is 12. The third kappa shape index (κ3) is 11.1. The van der Waals surface area contributed by atoms with Gasteiger partial charge >= 0.3 is 7.07 Å². The Labute approximate surface area is 386 Å². The average molecular weight is 1010 g/mol. The van der Waals surface area contributed by atoms with Crippen molar-refractivity contribution in [2.75, 3.05) is 237 Å². The molecule has 0 aromatic carbocycles. The SMILES string of the molecule is Cl[P+](N=P(N1CCOCC1)(N1CCOCC1)N1CCOCC1)(N=P(N1CCOCC1)(N1CCOCC1)N1CCOCC1)N=P(N1CCOCC1)(N1CCOCC1)N1CCOCC1.[Cl-]. The summed E-state index contributed by atoms with van der Waals surface area (Å²) in [5.41, 5.74) is 0. The van der Waals surface area contributed by atoms with Gasteiger partial charge in [0.05, 0.1) is 119 Å². The summed E-state index contributed by atoms with van der Waals surface area (Å²) < 4.78 is 98.3. The van der Waals surface area contributed by atoms with Gasteiger partial charge in [0, 0.05) is 118 Å². The number of hydrogen-bond donors (Lipinski definition) is 0. The number of nitrogens with zero attached hydrogens (tertiary/aromatic N) is 12. The highest BCUT2D eigenvalue weighted by Gasteiger charge is 2.59. The maximum Gasteiger partial charge on any atom is 0.474 e. The summed E-state index contributed by atoms with van der Waals surface area (Å²) in [6, 6.07) is 0. The highest BCUT2D eigenvalue weighted by atomic mass is 35.7. The molecule has 21 nitrogen and oxygen atoms in total. The number of ether oxygens (including phenoxy) is 9. The van der Waals surface area contributed by atoms with Crippen LogP contribution in [-0.4, -0.2) is 279 Å². The highest BCUT2D eigenvalue weighted by Crippen LogP contribution is 2.86. The molecule has 0 atom stereocenters. The molecule has 0 spiro atoms. The third-order valence-corrected chi connectivity index (χ3v) is 30.9. The van der Waals surface area contributed by atoms with E-state index in [1.807, 2.05) is 0 Å². The van der Waals surface area contributed by atoms with Crippen LogP contribution < -0.4 is 12.4 Å². The van der Waals surface area contributed by atoms with Crippen LogP contribution >= 0.6 is 40.8 Å². The molecule has 0 aliphatic carbocycles. The second-order valence-corrected chi connectivity index (χ2v) is 29.3. The summed E-state index contributed by atoms with van der Waals surface area (Å²) in [7, 11) is -12.3. The van der Waals surface area contributed by atoms with E-state index in [0.29, 0.717) is 119 Å². The minimum Gasteiger partial charge on any atom is -1.00 e. The molecule has 27 heteroatoms. The van der Waals surface area contributed by atoms with Crippen molar-refractivity contribution in [1.29, 1.82) is 0 Å². The van der Waals surface area contributed by atoms with E-state index in [2.05, 4.69) is 42.0 Å². The predicted octanol–water partition coefficient (Wildman–Crippen LogP) is -0.265. The largest absolute Gasteiger partial charge is 1.00 e. The van der Waals surface area contributed by atoms with Crippen LogP contribution in [0.3, 0.4) is 0 Å². The molecule has 9 fully saturated rings. The second-order valence-electron chi connectivity index (χ2n) is 16.5. The predicted molar refractivity (Wildman–Crippen MR) is 242 cm³/mol. The lowest BCUT2D eigenvalue weighted by Gasteiger charge is -2.53. The first-order valence-corrected chi connectivity index (χ1v) is 30.4. The minimum atomic E-state index is -3.68. The number of halogens is 2. The quantitative estimate of drug-likeness (QED) is 0.236. The van der Waals surface area contributed by atoms with E-state index in [0.717, 1.165) is 118 Å². The van der Waals surface area contributed by atoms with Crippen molar-refractivity contribution in [3.05, 3.63) is 0 Å². The Morgan fingerprint density at radius 3 is 0.476 bits per heavy atom. The van der Waals surface area contributed by atoms with E-state index >= 15 is 0 Å². The van der Waals surface area contributed by atoms with Crippen molar-refractivity contribution in [2.45, 2.75) is 0 Å². The van der Waals surface area contributed by atoms with E-state index in [4.69, 9.17) is 67.4 Å². The zero-order chi connectivity index (χ0) is 42.1. The van der Waals surface area contributed by atoms with Crippen LogP contribution in [0, 0.1) is 0 Å². The van der Waals surface area contributed by atoms with Crippen molar-refractivity contribution in [1.82, 2.24) is 42.0 Å². The first kappa shape index (κ1) is 50.4. The first-order chi connectivity index (χ1) is 30.6. The van der Waals surface area contributed by atoms with Crippen LogP contribution in [0.5, 0.6) is 0 Å². The van der Waals surface area contributed by atoms with Gasteiger partial charge in [-0.1, -0.05) is 0 Å². The van der Waals surface area contributed by atoms with E-state index in [1.54, 1.807) is 0 Å². The molecule has 9 saturated heterocycles. The van der Waals surface area contributed by atoms with Crippen LogP contribution in [0.25, 0.3) is 0 Å². The highest BCUT2D eigenvalue weighted by molar-refractivity contribution is 8.02. The molecule has 9 heterocycles. The van der Waals surface area contributed by atoms with Gasteiger partial charge < -0.3 is 55.0 Å². The van der Waals surface area contributed by atoms with E-state index in [1.165, 1.54) is 0 Å². The van der Waals surface area contributed by atoms with Crippen LogP contribution in [-0.2, 0) is 42.6 Å². The Bertz CT molecular complexity index is 1250. The van der Waals surface area contributed by atoms with Gasteiger partial charge in [-0.2, -0.15) is 0 Å². The molecule has 9 aliphatic rings. The maximum atomic E-state index is 9.04. The average Bonchev–Trinajstić information content (AvgIpc) is 3.37. The Morgan fingerprint density at radius 1 is 0.254 bits per heavy atom. The Balaban J connectivity index is 0.00000544. The summed E-state index contributed by atoms with van der Waals surface area (Å²) in [6.45, 7) is 24.8. The molecular weight excluding hydrogens is 939 g/mol. The van der Waals surface area contributed by atoms with E-state index in [-0.39, 0.29) is 12.4 Å². The first-order valence-electron chi connectivity index (χ1n) is 23.1. The minimum absolute atomic E-state index is 0. The molecular formula is C36H72Cl2N12O9P4. The van der Waals surface area contributed by atoms with Crippen LogP contribution in [0.4, 0.5) is 0 Å². The molecule has 0 N–H and O–H groups in total. The van der Waals surface area contributed by atoms with Crippen molar-refractivity contribution in [2.24, 2.45) is 13.5 Å². The lowest BCUT2D eigenvalue weighted by Crippen LogP contribution is -3.00. The van der Waals surface area contributed by atoms with Gasteiger partial charge in [0.25, 0.3) is 0 Å². The van der Waals surface area contributed by atoms with Gasteiger partial charge in [-0.25, -0.2) is 42.0 Å². The lowest BCUT2D eigenvalue weighted by molar-refractivity contribution is -0.0000208. The van der Waals surface area contributed by atoms with Gasteiger partial charge in [0.1, 0.15) is 0 Å². The van der Waals surface area contributed by atoms with E-state index in [9.17, 15) is 0 Å². The summed E-state index contributed by atoms with van der Waals surface area (Å²) in [5, 5.41) is 0. The molecule has 9 rings (SSSR count). The zero-order valence-electron chi connectivity index (χ0n) is 37.0. The van der Waals surface area contributed by atoms with Crippen molar-refractivity contribution in [3.63, 3.8) is 0 Å². The number of hydrogen-bond acceptors (Lipinski definition) is 12. The van der Waals surface area contributed by atoms with Crippen LogP contribution in [0.1, 0.15) is 0 Å². The molecule has 0 saturated carbocycles. The monoisotopic (exact) mass is 1010 g/mol. The summed E-state index contributed by atoms with van der Waals surface area (Å²) >= 11 is 9.04. The Hall–Kier alpha value is 0.980. The van der Waals surface area contributed by atoms with Gasteiger partial charge in [-0.05, 0) is 13.5 Å². The molecule has 9 aliphatic heterocycles. The van der Waals surface area contributed by atoms with Gasteiger partial charge in [0.2, 0.25) is 22.5 Å². The molecule has 0 bridgehead atoms. The van der Waals surface area contributed by atoms with Crippen LogP contribution in [0.15, 0.2) is 13.5 Å². The Morgan fingerprint density at radius 2 is 0.365 bits per heavy atom. The smallest absolute Gasteiger partial charge is 0.474 e. The van der Waals surface area contributed by atoms with Crippen molar-refractivity contribution >= 4 is 40.8 Å². The van der Waals surface area contributed by atoms with Crippen molar-refractivity contribution in [3.8, 4) is 0 Å². The Kier molecular flexibility index (Phi) is 19.4. The molecule has 364 valence electrons. The topological polar surface area (TPSA) is 149 Å². The normalized spacial score (nSPS) is 28.3. The molecule has 0 aromatic rings. The number of morpholine rings is 9. The van der Waals surface area contributed by atoms with Crippen LogP contribution in [0.2, 0.25) is 0 Å². The van der Waals surface area contributed by atoms with Crippen molar-refractivity contribution < 1.29 is 55.0 Å². The van der Waals surface area contributed by atoms with Gasteiger partial charge in [-0.15, -0.1) is 0 Å².